The lowest BCUT2D eigenvalue weighted by atomic mass is 9.73. The number of hydrogen-bond donors (Lipinski definition) is 0. The number of nitrogens with zero attached hydrogens (tertiary/aromatic N) is 1. The van der Waals surface area contributed by atoms with E-state index in [2.05, 4.69) is 22.3 Å². The summed E-state index contributed by atoms with van der Waals surface area (Å²) >= 11 is 0. The molecular formula is C13H13NOS. The Kier molecular flexibility index (Phi) is 2.11. The van der Waals surface area contributed by atoms with Gasteiger partial charge in [0.05, 0.1) is 11.1 Å². The van der Waals surface area contributed by atoms with E-state index in [1.165, 1.54) is 0 Å². The van der Waals surface area contributed by atoms with Crippen molar-refractivity contribution in [3.63, 3.8) is 0 Å². The van der Waals surface area contributed by atoms with Crippen LogP contribution >= 0.6 is 10.5 Å². The summed E-state index contributed by atoms with van der Waals surface area (Å²) in [4.78, 5) is 16.5. The molecule has 2 nitrogen and oxygen atoms in total. The van der Waals surface area contributed by atoms with Gasteiger partial charge in [-0.15, -0.1) is 0 Å². The Labute approximate surface area is 97.4 Å². The van der Waals surface area contributed by atoms with Crippen LogP contribution in [0.1, 0.15) is 12.8 Å². The number of aliphatic imine (C=N–C) groups is 1. The van der Waals surface area contributed by atoms with Gasteiger partial charge < -0.3 is 0 Å². The van der Waals surface area contributed by atoms with Crippen LogP contribution in [-0.2, 0) is 4.79 Å². The van der Waals surface area contributed by atoms with Gasteiger partial charge >= 0.3 is 0 Å². The van der Waals surface area contributed by atoms with E-state index in [9.17, 15) is 4.79 Å². The van der Waals surface area contributed by atoms with Crippen LogP contribution in [-0.4, -0.2) is 23.6 Å². The lowest BCUT2D eigenvalue weighted by molar-refractivity contribution is -0.115. The Morgan fingerprint density at radius 2 is 2.38 bits per heavy atom. The Bertz CT molecular complexity index is 510. The van der Waals surface area contributed by atoms with Crippen LogP contribution in [0.25, 0.3) is 0 Å². The van der Waals surface area contributed by atoms with Crippen LogP contribution in [0.3, 0.4) is 0 Å². The van der Waals surface area contributed by atoms with Crippen molar-refractivity contribution in [2.75, 3.05) is 5.75 Å². The maximum Gasteiger partial charge on any atom is 0.165 e. The smallest absolute Gasteiger partial charge is 0.165 e. The summed E-state index contributed by atoms with van der Waals surface area (Å²) in [6.45, 7) is 0. The van der Waals surface area contributed by atoms with Crippen molar-refractivity contribution >= 4 is 28.4 Å². The van der Waals surface area contributed by atoms with Gasteiger partial charge in [-0.05, 0) is 17.9 Å². The van der Waals surface area contributed by atoms with Gasteiger partial charge in [0.1, 0.15) is 0 Å². The van der Waals surface area contributed by atoms with Crippen LogP contribution < -0.4 is 0 Å². The molecule has 0 aromatic carbocycles. The molecule has 0 amide bonds. The highest BCUT2D eigenvalue weighted by molar-refractivity contribution is 8.17. The molecule has 2 atom stereocenters. The van der Waals surface area contributed by atoms with Crippen LogP contribution in [0.5, 0.6) is 0 Å². The number of carbonyl (C=O) groups excluding carboxylic acids is 1. The second kappa shape index (κ2) is 3.39. The highest BCUT2D eigenvalue weighted by Crippen LogP contribution is 2.53. The van der Waals surface area contributed by atoms with Crippen molar-refractivity contribution in [3.05, 3.63) is 34.9 Å². The molecule has 1 spiro atoms. The van der Waals surface area contributed by atoms with E-state index < -0.39 is 0 Å². The van der Waals surface area contributed by atoms with Gasteiger partial charge in [-0.3, -0.25) is 9.79 Å². The Morgan fingerprint density at radius 1 is 1.50 bits per heavy atom. The molecule has 0 fully saturated rings. The Hall–Kier alpha value is -1.22. The number of Topliss-reactive ketones (excluding diaryl/α,β-unsaturated/α-hetero) is 1. The van der Waals surface area contributed by atoms with Crippen LogP contribution in [0.2, 0.25) is 0 Å². The van der Waals surface area contributed by atoms with E-state index in [0.29, 0.717) is 6.42 Å². The van der Waals surface area contributed by atoms with Crippen molar-refractivity contribution in [1.82, 2.24) is 0 Å². The van der Waals surface area contributed by atoms with E-state index in [0.717, 1.165) is 23.4 Å². The zero-order valence-corrected chi connectivity index (χ0v) is 9.80. The number of ketones is 1. The highest BCUT2D eigenvalue weighted by atomic mass is 32.2. The van der Waals surface area contributed by atoms with E-state index >= 15 is 0 Å². The predicted octanol–water partition coefficient (Wildman–Crippen LogP) is 2.46. The molecule has 0 bridgehead atoms. The number of rotatable bonds is 0. The lowest BCUT2D eigenvalue weighted by Crippen LogP contribution is -2.29. The maximum absolute atomic E-state index is 12.1. The van der Waals surface area contributed by atoms with Gasteiger partial charge in [-0.1, -0.05) is 18.0 Å². The number of allylic oxidation sites excluding steroid dienone is 4. The molecule has 0 aromatic rings. The predicted molar refractivity (Wildman–Crippen MR) is 70.1 cm³/mol. The molecule has 3 rings (SSSR count). The largest absolute Gasteiger partial charge is 0.294 e. The first-order chi connectivity index (χ1) is 7.72. The van der Waals surface area contributed by atoms with Gasteiger partial charge in [0, 0.05) is 24.0 Å². The molecular weight excluding hydrogens is 218 g/mol. The maximum atomic E-state index is 12.1. The van der Waals surface area contributed by atoms with Crippen molar-refractivity contribution < 1.29 is 4.79 Å². The summed E-state index contributed by atoms with van der Waals surface area (Å²) in [5.41, 5.74) is 1.86. The average Bonchev–Trinajstić information content (AvgIpc) is 2.52. The Balaban J connectivity index is 2.21. The minimum Gasteiger partial charge on any atom is -0.294 e. The second-order valence-corrected chi connectivity index (χ2v) is 6.02. The number of hydrogen-bond acceptors (Lipinski definition) is 2. The monoisotopic (exact) mass is 231 g/mol. The molecule has 0 N–H and O–H groups in total. The Morgan fingerprint density at radius 3 is 3.25 bits per heavy atom. The third kappa shape index (κ3) is 1.24. The summed E-state index contributed by atoms with van der Waals surface area (Å²) < 4.78 is 0. The molecule has 3 aliphatic rings. The first-order valence-electron chi connectivity index (χ1n) is 5.37. The molecule has 3 heteroatoms. The second-order valence-electron chi connectivity index (χ2n) is 4.42. The third-order valence-corrected chi connectivity index (χ3v) is 4.82. The molecule has 2 heterocycles. The highest BCUT2D eigenvalue weighted by Gasteiger charge is 2.45. The summed E-state index contributed by atoms with van der Waals surface area (Å²) in [5.74, 6) is 5.28. The van der Waals surface area contributed by atoms with E-state index in [4.69, 9.17) is 0 Å². The van der Waals surface area contributed by atoms with Crippen LogP contribution in [0.15, 0.2) is 39.9 Å². The first kappa shape index (κ1) is 9.97. The quantitative estimate of drug-likeness (QED) is 0.589. The van der Waals surface area contributed by atoms with Gasteiger partial charge in [0.15, 0.2) is 5.78 Å². The van der Waals surface area contributed by atoms with Gasteiger partial charge in [-0.2, -0.15) is 10.5 Å². The molecule has 0 saturated heterocycles. The molecule has 2 aliphatic heterocycles. The zero-order valence-electron chi connectivity index (χ0n) is 8.98. The molecule has 0 aromatic heterocycles. The molecule has 1 aliphatic carbocycles. The van der Waals surface area contributed by atoms with Crippen molar-refractivity contribution in [2.24, 2.45) is 10.4 Å². The van der Waals surface area contributed by atoms with Crippen LogP contribution in [0.4, 0.5) is 0 Å². The van der Waals surface area contributed by atoms with Crippen molar-refractivity contribution in [2.45, 2.75) is 12.8 Å². The van der Waals surface area contributed by atoms with Crippen molar-refractivity contribution in [1.29, 1.82) is 0 Å². The van der Waals surface area contributed by atoms with E-state index in [-0.39, 0.29) is 21.7 Å². The molecule has 16 heavy (non-hydrogen) atoms. The zero-order chi connectivity index (χ0) is 11.2. The van der Waals surface area contributed by atoms with E-state index in [1.807, 2.05) is 12.2 Å². The molecule has 82 valence electrons. The van der Waals surface area contributed by atoms with Gasteiger partial charge in [0.25, 0.3) is 0 Å². The summed E-state index contributed by atoms with van der Waals surface area (Å²) in [5, 5.41) is 2.07. The minimum atomic E-state index is -0.149. The standard InChI is InChI=1S/C13H13NOS/c1-16-8-10-11(15)5-7-14-12-4-2-3-6-13(10,12)9-16/h2-4,7-8H,1,5-6,9H2. The SMILES string of the molecule is C=S1C=C2C(=O)CC=NC3=CC=CCC32C1. The topological polar surface area (TPSA) is 29.4 Å². The normalized spacial score (nSPS) is 36.2. The summed E-state index contributed by atoms with van der Waals surface area (Å²) in [6, 6.07) is 0. The summed E-state index contributed by atoms with van der Waals surface area (Å²) in [6.07, 6.45) is 9.28. The van der Waals surface area contributed by atoms with Gasteiger partial charge in [0.2, 0.25) is 0 Å². The van der Waals surface area contributed by atoms with Gasteiger partial charge in [-0.25, -0.2) is 0 Å². The minimum absolute atomic E-state index is 0.0303. The lowest BCUT2D eigenvalue weighted by Gasteiger charge is -2.31. The molecule has 0 saturated carbocycles. The molecule has 2 unspecified atom stereocenters. The average molecular weight is 231 g/mol. The molecule has 0 radical (unpaired) electrons. The van der Waals surface area contributed by atoms with Crippen molar-refractivity contribution in [3.8, 4) is 0 Å². The number of carbonyl (C=O) groups is 1. The fraction of sp³-hybridized carbons (Fsp3) is 0.308. The third-order valence-electron chi connectivity index (χ3n) is 3.39. The fourth-order valence-corrected chi connectivity index (χ4v) is 4.45. The van der Waals surface area contributed by atoms with E-state index in [1.54, 1.807) is 6.21 Å². The van der Waals surface area contributed by atoms with Crippen LogP contribution in [0, 0.1) is 5.41 Å². The first-order valence-corrected chi connectivity index (χ1v) is 7.00. The fourth-order valence-electron chi connectivity index (χ4n) is 2.62. The summed E-state index contributed by atoms with van der Waals surface area (Å²) in [7, 11) is -0.0303.